The monoisotopic (exact) mass is 403 g/mol. The predicted molar refractivity (Wildman–Crippen MR) is 114 cm³/mol. The molecule has 1 saturated heterocycles. The molecule has 0 atom stereocenters. The molecule has 5 nitrogen and oxygen atoms in total. The van der Waals surface area contributed by atoms with Crippen LogP contribution in [0.4, 0.5) is 5.69 Å². The summed E-state index contributed by atoms with van der Waals surface area (Å²) in [5.41, 5.74) is 3.73. The van der Waals surface area contributed by atoms with Crippen molar-refractivity contribution < 1.29 is 9.59 Å². The highest BCUT2D eigenvalue weighted by Gasteiger charge is 2.32. The second-order valence-electron chi connectivity index (χ2n) is 7.32. The van der Waals surface area contributed by atoms with E-state index in [0.29, 0.717) is 10.6 Å². The average molecular weight is 404 g/mol. The average Bonchev–Trinajstić information content (AvgIpc) is 2.55. The van der Waals surface area contributed by atoms with Gasteiger partial charge in [-0.15, -0.1) is 0 Å². The van der Waals surface area contributed by atoms with E-state index >= 15 is 0 Å². The van der Waals surface area contributed by atoms with Crippen molar-refractivity contribution >= 4 is 58.1 Å². The molecule has 2 aliphatic rings. The molecule has 0 radical (unpaired) electrons. The number of hydrogen-bond donors (Lipinski definition) is 2. The minimum atomic E-state index is -0.529. The molecule has 1 aromatic rings. The van der Waals surface area contributed by atoms with E-state index in [-0.39, 0.29) is 16.2 Å². The molecule has 0 aromatic heterocycles. The van der Waals surface area contributed by atoms with Gasteiger partial charge in [0.1, 0.15) is 5.57 Å². The molecule has 0 saturated carbocycles. The molecule has 2 amide bonds. The summed E-state index contributed by atoms with van der Waals surface area (Å²) in [7, 11) is 0. The van der Waals surface area contributed by atoms with E-state index in [1.165, 1.54) is 6.08 Å². The van der Waals surface area contributed by atoms with Crippen molar-refractivity contribution in [2.75, 3.05) is 11.4 Å². The Balaban J connectivity index is 2.11. The van der Waals surface area contributed by atoms with Gasteiger partial charge in [-0.1, -0.05) is 24.6 Å². The zero-order valence-electron chi connectivity index (χ0n) is 15.8. The van der Waals surface area contributed by atoms with E-state index in [2.05, 4.69) is 49.3 Å². The van der Waals surface area contributed by atoms with Crippen LogP contribution in [-0.2, 0) is 9.59 Å². The molecule has 142 valence electrons. The highest BCUT2D eigenvalue weighted by atomic mass is 35.5. The summed E-state index contributed by atoms with van der Waals surface area (Å²) >= 11 is 11.4. The van der Waals surface area contributed by atoms with E-state index in [9.17, 15) is 9.59 Å². The normalized spacial score (nSPS) is 18.6. The highest BCUT2D eigenvalue weighted by molar-refractivity contribution is 7.80. The number of nitrogens with zero attached hydrogens (tertiary/aromatic N) is 1. The van der Waals surface area contributed by atoms with Gasteiger partial charge < -0.3 is 4.90 Å². The number of thiocarbonyl (C=S) groups is 1. The van der Waals surface area contributed by atoms with E-state index in [0.717, 1.165) is 29.8 Å². The van der Waals surface area contributed by atoms with Gasteiger partial charge in [-0.2, -0.15) is 0 Å². The van der Waals surface area contributed by atoms with Gasteiger partial charge in [0.2, 0.25) is 0 Å². The molecule has 7 heteroatoms. The highest BCUT2D eigenvalue weighted by Crippen LogP contribution is 2.41. The number of amides is 2. The summed E-state index contributed by atoms with van der Waals surface area (Å²) in [5.74, 6) is -1.06. The Kier molecular flexibility index (Phi) is 5.14. The smallest absolute Gasteiger partial charge is 0.263 e. The van der Waals surface area contributed by atoms with Gasteiger partial charge in [0.15, 0.2) is 5.11 Å². The maximum atomic E-state index is 12.1. The molecule has 2 aliphatic heterocycles. The SMILES string of the molecule is CCCN1c2cc(Cl)c(C=C3C(=O)NC(=S)NC3=O)cc2C(C)=CC1(C)C. The molecule has 2 N–H and O–H groups in total. The molecular weight excluding hydrogens is 382 g/mol. The standard InChI is InChI=1S/C20H22ClN3O2S/c1-5-6-24-16-9-15(21)12(7-13(16)11(2)10-20(24,3)4)8-14-17(25)22-19(27)23-18(14)26/h7-10H,5-6H2,1-4H3,(H2,22,23,25,26,27). The van der Waals surface area contributed by atoms with E-state index in [1.807, 2.05) is 12.1 Å². The molecule has 0 spiro atoms. The zero-order valence-corrected chi connectivity index (χ0v) is 17.3. The lowest BCUT2D eigenvalue weighted by atomic mass is 9.87. The number of benzene rings is 1. The largest absolute Gasteiger partial charge is 0.362 e. The summed E-state index contributed by atoms with van der Waals surface area (Å²) in [5, 5.41) is 5.37. The minimum Gasteiger partial charge on any atom is -0.362 e. The first-order valence-electron chi connectivity index (χ1n) is 8.83. The second-order valence-corrected chi connectivity index (χ2v) is 8.13. The fraction of sp³-hybridized carbons (Fsp3) is 0.350. The number of halogens is 1. The third kappa shape index (κ3) is 3.64. The van der Waals surface area contributed by atoms with Crippen LogP contribution in [0.5, 0.6) is 0 Å². The minimum absolute atomic E-state index is 0.00917. The van der Waals surface area contributed by atoms with Crippen LogP contribution < -0.4 is 15.5 Å². The van der Waals surface area contributed by atoms with E-state index < -0.39 is 11.8 Å². The third-order valence-electron chi connectivity index (χ3n) is 4.79. The van der Waals surface area contributed by atoms with Crippen LogP contribution in [0.2, 0.25) is 5.02 Å². The van der Waals surface area contributed by atoms with Crippen molar-refractivity contribution in [1.82, 2.24) is 10.6 Å². The number of carbonyl (C=O) groups is 2. The molecule has 0 bridgehead atoms. The fourth-order valence-electron chi connectivity index (χ4n) is 3.62. The molecule has 2 heterocycles. The summed E-state index contributed by atoms with van der Waals surface area (Å²) in [6, 6.07) is 3.85. The van der Waals surface area contributed by atoms with Crippen molar-refractivity contribution in [2.45, 2.75) is 39.7 Å². The van der Waals surface area contributed by atoms with E-state index in [4.69, 9.17) is 23.8 Å². The van der Waals surface area contributed by atoms with Gasteiger partial charge in [0, 0.05) is 22.8 Å². The number of anilines is 1. The Morgan fingerprint density at radius 1 is 1.22 bits per heavy atom. The molecule has 3 rings (SSSR count). The van der Waals surface area contributed by atoms with E-state index in [1.54, 1.807) is 0 Å². The molecule has 0 unspecified atom stereocenters. The fourth-order valence-corrected chi connectivity index (χ4v) is 4.02. The Bertz CT molecular complexity index is 896. The van der Waals surface area contributed by atoms with Crippen LogP contribution in [-0.4, -0.2) is 29.0 Å². The maximum absolute atomic E-state index is 12.1. The summed E-state index contributed by atoms with van der Waals surface area (Å²) in [4.78, 5) is 26.6. The Morgan fingerprint density at radius 3 is 2.44 bits per heavy atom. The maximum Gasteiger partial charge on any atom is 0.263 e. The van der Waals surface area contributed by atoms with Crippen LogP contribution in [0.15, 0.2) is 23.8 Å². The summed E-state index contributed by atoms with van der Waals surface area (Å²) in [6.07, 6.45) is 4.75. The summed E-state index contributed by atoms with van der Waals surface area (Å²) < 4.78 is 0. The van der Waals surface area contributed by atoms with Gasteiger partial charge >= 0.3 is 0 Å². The van der Waals surface area contributed by atoms with Crippen molar-refractivity contribution in [3.8, 4) is 0 Å². The topological polar surface area (TPSA) is 61.4 Å². The molecule has 0 aliphatic carbocycles. The second kappa shape index (κ2) is 7.09. The number of hydrogen-bond acceptors (Lipinski definition) is 4. The first-order valence-corrected chi connectivity index (χ1v) is 9.62. The Hall–Kier alpha value is -2.18. The molecule has 1 aromatic carbocycles. The third-order valence-corrected chi connectivity index (χ3v) is 5.32. The van der Waals surface area contributed by atoms with Crippen LogP contribution in [0.3, 0.4) is 0 Å². The number of allylic oxidation sites excluding steroid dienone is 1. The van der Waals surface area contributed by atoms with Gasteiger partial charge in [-0.25, -0.2) is 0 Å². The Morgan fingerprint density at radius 2 is 1.85 bits per heavy atom. The van der Waals surface area contributed by atoms with Crippen LogP contribution in [0, 0.1) is 0 Å². The van der Waals surface area contributed by atoms with Crippen molar-refractivity contribution in [3.63, 3.8) is 0 Å². The first-order chi connectivity index (χ1) is 12.6. The van der Waals surface area contributed by atoms with Crippen LogP contribution in [0.25, 0.3) is 11.6 Å². The Labute approximate surface area is 169 Å². The summed E-state index contributed by atoms with van der Waals surface area (Å²) in [6.45, 7) is 9.47. The van der Waals surface area contributed by atoms with Crippen molar-refractivity contribution in [2.24, 2.45) is 0 Å². The zero-order chi connectivity index (χ0) is 19.9. The quantitative estimate of drug-likeness (QED) is 0.459. The molecule has 27 heavy (non-hydrogen) atoms. The van der Waals surface area contributed by atoms with Gasteiger partial charge in [0.25, 0.3) is 11.8 Å². The van der Waals surface area contributed by atoms with Crippen LogP contribution >= 0.6 is 23.8 Å². The lowest BCUT2D eigenvalue weighted by Gasteiger charge is -2.43. The van der Waals surface area contributed by atoms with Crippen molar-refractivity contribution in [1.29, 1.82) is 0 Å². The lowest BCUT2D eigenvalue weighted by Crippen LogP contribution is -2.51. The lowest BCUT2D eigenvalue weighted by molar-refractivity contribution is -0.123. The molecule has 1 fully saturated rings. The number of carbonyl (C=O) groups excluding carboxylic acids is 2. The van der Waals surface area contributed by atoms with Gasteiger partial charge in [-0.05, 0) is 68.8 Å². The van der Waals surface area contributed by atoms with Gasteiger partial charge in [0.05, 0.1) is 5.54 Å². The van der Waals surface area contributed by atoms with Gasteiger partial charge in [-0.3, -0.25) is 20.2 Å². The number of fused-ring (bicyclic) bond motifs is 1. The van der Waals surface area contributed by atoms with Crippen LogP contribution in [0.1, 0.15) is 45.2 Å². The predicted octanol–water partition coefficient (Wildman–Crippen LogP) is 3.67. The number of rotatable bonds is 3. The van der Waals surface area contributed by atoms with Crippen molar-refractivity contribution in [3.05, 3.63) is 39.9 Å². The molecular formula is C20H22ClN3O2S. The number of nitrogens with one attached hydrogen (secondary N) is 2. The first kappa shape index (κ1) is 19.6.